The first-order chi connectivity index (χ1) is 8.81. The second-order valence-corrected chi connectivity index (χ2v) is 4.73. The minimum Gasteiger partial charge on any atom is -0.465 e. The molecule has 0 spiro atoms. The predicted molar refractivity (Wildman–Crippen MR) is 65.7 cm³/mol. The SMILES string of the molecule is COC(=O)C(=C/C=C/NCCS(=O)(=O)O)C(=O)OC. The number of rotatable bonds is 7. The van der Waals surface area contributed by atoms with Gasteiger partial charge in [-0.3, -0.25) is 4.55 Å². The Bertz CT molecular complexity index is 460. The maximum Gasteiger partial charge on any atom is 0.345 e. The van der Waals surface area contributed by atoms with Crippen LogP contribution >= 0.6 is 0 Å². The van der Waals surface area contributed by atoms with Gasteiger partial charge in [-0.25, -0.2) is 9.59 Å². The largest absolute Gasteiger partial charge is 0.465 e. The molecule has 0 fully saturated rings. The van der Waals surface area contributed by atoms with E-state index in [0.717, 1.165) is 20.3 Å². The molecule has 0 heterocycles. The number of carbonyl (C=O) groups is 2. The summed E-state index contributed by atoms with van der Waals surface area (Å²) in [4.78, 5) is 22.4. The van der Waals surface area contributed by atoms with E-state index < -0.39 is 27.8 Å². The maximum atomic E-state index is 11.2. The first-order valence-corrected chi connectivity index (χ1v) is 6.64. The Morgan fingerprint density at radius 3 is 2.16 bits per heavy atom. The fraction of sp³-hybridized carbons (Fsp3) is 0.400. The van der Waals surface area contributed by atoms with E-state index in [2.05, 4.69) is 14.8 Å². The molecule has 0 rings (SSSR count). The van der Waals surface area contributed by atoms with Crippen molar-refractivity contribution < 1.29 is 32.0 Å². The lowest BCUT2D eigenvalue weighted by Crippen LogP contribution is -2.18. The zero-order valence-corrected chi connectivity index (χ0v) is 11.3. The molecule has 0 unspecified atom stereocenters. The zero-order valence-electron chi connectivity index (χ0n) is 10.5. The number of nitrogens with one attached hydrogen (secondary N) is 1. The molecule has 0 bridgehead atoms. The van der Waals surface area contributed by atoms with E-state index in [-0.39, 0.29) is 12.1 Å². The van der Waals surface area contributed by atoms with Crippen LogP contribution in [0.3, 0.4) is 0 Å². The van der Waals surface area contributed by atoms with E-state index in [9.17, 15) is 18.0 Å². The van der Waals surface area contributed by atoms with Crippen molar-refractivity contribution in [1.29, 1.82) is 0 Å². The summed E-state index contributed by atoms with van der Waals surface area (Å²) in [6.45, 7) is -0.0189. The Balaban J connectivity index is 4.46. The fourth-order valence-electron chi connectivity index (χ4n) is 0.923. The zero-order chi connectivity index (χ0) is 14.9. The first-order valence-electron chi connectivity index (χ1n) is 5.04. The van der Waals surface area contributed by atoms with E-state index in [1.165, 1.54) is 12.3 Å². The van der Waals surface area contributed by atoms with Gasteiger partial charge < -0.3 is 14.8 Å². The lowest BCUT2D eigenvalue weighted by atomic mass is 10.2. The highest BCUT2D eigenvalue weighted by atomic mass is 32.2. The Morgan fingerprint density at radius 1 is 1.21 bits per heavy atom. The minimum absolute atomic E-state index is 0.0189. The summed E-state index contributed by atoms with van der Waals surface area (Å²) >= 11 is 0. The number of esters is 2. The average Bonchev–Trinajstić information content (AvgIpc) is 2.35. The monoisotopic (exact) mass is 293 g/mol. The van der Waals surface area contributed by atoms with Crippen molar-refractivity contribution >= 4 is 22.1 Å². The van der Waals surface area contributed by atoms with Crippen molar-refractivity contribution in [1.82, 2.24) is 5.32 Å². The molecular weight excluding hydrogens is 278 g/mol. The Kier molecular flexibility index (Phi) is 7.46. The van der Waals surface area contributed by atoms with Gasteiger partial charge >= 0.3 is 11.9 Å². The van der Waals surface area contributed by atoms with Crippen LogP contribution in [0.5, 0.6) is 0 Å². The van der Waals surface area contributed by atoms with Crippen molar-refractivity contribution in [2.75, 3.05) is 26.5 Å². The molecule has 0 atom stereocenters. The molecule has 0 saturated heterocycles. The van der Waals surface area contributed by atoms with Crippen LogP contribution in [-0.4, -0.2) is 51.4 Å². The molecule has 0 aliphatic carbocycles. The molecule has 0 aromatic rings. The van der Waals surface area contributed by atoms with Crippen LogP contribution in [-0.2, 0) is 29.2 Å². The first kappa shape index (κ1) is 17.1. The quantitative estimate of drug-likeness (QED) is 0.120. The van der Waals surface area contributed by atoms with Gasteiger partial charge in [-0.15, -0.1) is 0 Å². The lowest BCUT2D eigenvalue weighted by molar-refractivity contribution is -0.144. The van der Waals surface area contributed by atoms with Gasteiger partial charge in [-0.05, 0) is 18.4 Å². The molecule has 2 N–H and O–H groups in total. The molecule has 0 radical (unpaired) electrons. The van der Waals surface area contributed by atoms with Gasteiger partial charge in [0.15, 0.2) is 0 Å². The van der Waals surface area contributed by atoms with Crippen LogP contribution in [0.4, 0.5) is 0 Å². The average molecular weight is 293 g/mol. The lowest BCUT2D eigenvalue weighted by Gasteiger charge is -2.01. The molecule has 9 heteroatoms. The van der Waals surface area contributed by atoms with E-state index in [4.69, 9.17) is 4.55 Å². The maximum absolute atomic E-state index is 11.2. The summed E-state index contributed by atoms with van der Waals surface area (Å²) in [5, 5.41) is 2.54. The topological polar surface area (TPSA) is 119 Å². The van der Waals surface area contributed by atoms with Gasteiger partial charge in [-0.1, -0.05) is 0 Å². The van der Waals surface area contributed by atoms with Gasteiger partial charge in [0, 0.05) is 6.54 Å². The van der Waals surface area contributed by atoms with Crippen molar-refractivity contribution in [3.05, 3.63) is 23.9 Å². The van der Waals surface area contributed by atoms with Crippen molar-refractivity contribution in [3.63, 3.8) is 0 Å². The van der Waals surface area contributed by atoms with E-state index in [1.807, 2.05) is 0 Å². The molecule has 0 saturated carbocycles. The predicted octanol–water partition coefficient (Wildman–Crippen LogP) is -0.750. The van der Waals surface area contributed by atoms with Crippen LogP contribution in [0.15, 0.2) is 23.9 Å². The normalized spacial score (nSPS) is 10.9. The van der Waals surface area contributed by atoms with Gasteiger partial charge in [0.25, 0.3) is 10.1 Å². The summed E-state index contributed by atoms with van der Waals surface area (Å²) in [5.41, 5.74) is -0.308. The van der Waals surface area contributed by atoms with Crippen molar-refractivity contribution in [3.8, 4) is 0 Å². The molecule has 0 aromatic carbocycles. The molecule has 0 aromatic heterocycles. The summed E-state index contributed by atoms with van der Waals surface area (Å²) in [5.74, 6) is -2.16. The van der Waals surface area contributed by atoms with Crippen LogP contribution in [0, 0.1) is 0 Å². The smallest absolute Gasteiger partial charge is 0.345 e. The third-order valence-corrected chi connectivity index (χ3v) is 2.51. The van der Waals surface area contributed by atoms with E-state index in [1.54, 1.807) is 0 Å². The summed E-state index contributed by atoms with van der Waals surface area (Å²) < 4.78 is 38.0. The number of hydrogen-bond acceptors (Lipinski definition) is 7. The molecular formula is C10H15NO7S. The molecule has 0 aliphatic rings. The number of hydrogen-bond donors (Lipinski definition) is 2. The van der Waals surface area contributed by atoms with Gasteiger partial charge in [0.05, 0.1) is 20.0 Å². The van der Waals surface area contributed by atoms with Crippen LogP contribution < -0.4 is 5.32 Å². The number of methoxy groups -OCH3 is 2. The highest BCUT2D eigenvalue weighted by molar-refractivity contribution is 7.85. The number of allylic oxidation sites excluding steroid dienone is 2. The molecule has 0 amide bonds. The van der Waals surface area contributed by atoms with Gasteiger partial charge in [0.1, 0.15) is 5.57 Å². The Labute approximate surface area is 110 Å². The van der Waals surface area contributed by atoms with Gasteiger partial charge in [-0.2, -0.15) is 8.42 Å². The van der Waals surface area contributed by atoms with E-state index >= 15 is 0 Å². The van der Waals surface area contributed by atoms with Crippen molar-refractivity contribution in [2.24, 2.45) is 0 Å². The minimum atomic E-state index is -4.02. The summed E-state index contributed by atoms with van der Waals surface area (Å²) in [6.07, 6.45) is 3.75. The van der Waals surface area contributed by atoms with Gasteiger partial charge in [0.2, 0.25) is 0 Å². The molecule has 0 aliphatic heterocycles. The van der Waals surface area contributed by atoms with E-state index in [0.29, 0.717) is 0 Å². The molecule has 8 nitrogen and oxygen atoms in total. The second-order valence-electron chi connectivity index (χ2n) is 3.16. The van der Waals surface area contributed by atoms with Crippen LogP contribution in [0.25, 0.3) is 0 Å². The standard InChI is InChI=1S/C10H15NO7S/c1-17-9(12)8(10(13)18-2)4-3-5-11-6-7-19(14,15)16/h3-5,11H,6-7H2,1-2H3,(H,14,15,16)/b5-3+. The summed E-state index contributed by atoms with van der Waals surface area (Å²) in [6, 6.07) is 0. The van der Waals surface area contributed by atoms with Crippen LogP contribution in [0.2, 0.25) is 0 Å². The number of carbonyl (C=O) groups excluding carboxylic acids is 2. The third-order valence-electron chi connectivity index (χ3n) is 1.79. The van der Waals surface area contributed by atoms with Crippen LogP contribution in [0.1, 0.15) is 0 Å². The van der Waals surface area contributed by atoms with Crippen molar-refractivity contribution in [2.45, 2.75) is 0 Å². The molecule has 108 valence electrons. The second kappa shape index (κ2) is 8.27. The fourth-order valence-corrected chi connectivity index (χ4v) is 1.30. The third kappa shape index (κ3) is 7.95. The summed E-state index contributed by atoms with van der Waals surface area (Å²) in [7, 11) is -1.79. The highest BCUT2D eigenvalue weighted by Crippen LogP contribution is 2.00. The Hall–Kier alpha value is -1.87. The Morgan fingerprint density at radius 2 is 1.74 bits per heavy atom. The number of ether oxygens (including phenoxy) is 2. The highest BCUT2D eigenvalue weighted by Gasteiger charge is 2.18. The molecule has 19 heavy (non-hydrogen) atoms.